The number of carboxylic acid groups (broad SMARTS) is 1. The molecule has 94 valence electrons. The molecule has 1 N–H and O–H groups in total. The number of aryl methyl sites for hydroxylation is 1. The highest BCUT2D eigenvalue weighted by Crippen LogP contribution is 2.31. The molecule has 1 rings (SSSR count). The standard InChI is InChI=1S/C13H16F2O2/c1-8-4-5-11(13(3,14)15)10(6-8)7-9(2)12(16)17/h4-6,9H,7H2,1-3H3,(H,16,17). The van der Waals surface area contributed by atoms with Crippen LogP contribution in [0.2, 0.25) is 0 Å². The summed E-state index contributed by atoms with van der Waals surface area (Å²) in [6, 6.07) is 4.62. The number of hydrogen-bond acceptors (Lipinski definition) is 1. The highest BCUT2D eigenvalue weighted by atomic mass is 19.3. The predicted octanol–water partition coefficient (Wildman–Crippen LogP) is 3.37. The van der Waals surface area contributed by atoms with E-state index < -0.39 is 17.8 Å². The quantitative estimate of drug-likeness (QED) is 0.878. The van der Waals surface area contributed by atoms with Gasteiger partial charge < -0.3 is 5.11 Å². The maximum absolute atomic E-state index is 13.4. The summed E-state index contributed by atoms with van der Waals surface area (Å²) >= 11 is 0. The van der Waals surface area contributed by atoms with Crippen molar-refractivity contribution in [1.82, 2.24) is 0 Å². The van der Waals surface area contributed by atoms with Crippen molar-refractivity contribution in [3.63, 3.8) is 0 Å². The van der Waals surface area contributed by atoms with E-state index in [-0.39, 0.29) is 12.0 Å². The lowest BCUT2D eigenvalue weighted by Gasteiger charge is -2.17. The number of carboxylic acids is 1. The van der Waals surface area contributed by atoms with Crippen LogP contribution in [0.25, 0.3) is 0 Å². The Balaban J connectivity index is 3.12. The average Bonchev–Trinajstić information content (AvgIpc) is 2.15. The lowest BCUT2D eigenvalue weighted by molar-refractivity contribution is -0.141. The van der Waals surface area contributed by atoms with Gasteiger partial charge in [0.05, 0.1) is 5.92 Å². The van der Waals surface area contributed by atoms with Crippen molar-refractivity contribution in [3.05, 3.63) is 34.9 Å². The number of rotatable bonds is 4. The minimum Gasteiger partial charge on any atom is -0.481 e. The second-order valence-electron chi connectivity index (χ2n) is 4.49. The summed E-state index contributed by atoms with van der Waals surface area (Å²) in [5.74, 6) is -4.59. The highest BCUT2D eigenvalue weighted by Gasteiger charge is 2.28. The molecule has 0 saturated carbocycles. The summed E-state index contributed by atoms with van der Waals surface area (Å²) in [6.07, 6.45) is 0.121. The van der Waals surface area contributed by atoms with Gasteiger partial charge in [-0.25, -0.2) is 8.78 Å². The van der Waals surface area contributed by atoms with Crippen LogP contribution < -0.4 is 0 Å². The van der Waals surface area contributed by atoms with Crippen molar-refractivity contribution in [1.29, 1.82) is 0 Å². The molecule has 0 radical (unpaired) electrons. The zero-order chi connectivity index (χ0) is 13.2. The molecule has 1 atom stereocenters. The van der Waals surface area contributed by atoms with Gasteiger partial charge in [0, 0.05) is 12.5 Å². The van der Waals surface area contributed by atoms with E-state index in [9.17, 15) is 13.6 Å². The fourth-order valence-electron chi connectivity index (χ4n) is 1.74. The fourth-order valence-corrected chi connectivity index (χ4v) is 1.74. The average molecular weight is 242 g/mol. The van der Waals surface area contributed by atoms with E-state index in [0.717, 1.165) is 12.5 Å². The van der Waals surface area contributed by atoms with Crippen LogP contribution in [0.1, 0.15) is 30.5 Å². The molecule has 0 fully saturated rings. The molecule has 17 heavy (non-hydrogen) atoms. The third kappa shape index (κ3) is 3.51. The van der Waals surface area contributed by atoms with E-state index in [1.807, 2.05) is 0 Å². The summed E-state index contributed by atoms with van der Waals surface area (Å²) in [5.41, 5.74) is 1.18. The number of alkyl halides is 2. The van der Waals surface area contributed by atoms with Gasteiger partial charge in [0.1, 0.15) is 0 Å². The fraction of sp³-hybridized carbons (Fsp3) is 0.462. The molecular formula is C13H16F2O2. The smallest absolute Gasteiger partial charge is 0.306 e. The summed E-state index contributed by atoms with van der Waals surface area (Å²) in [5, 5.41) is 8.82. The molecule has 1 aromatic carbocycles. The van der Waals surface area contributed by atoms with Gasteiger partial charge in [-0.2, -0.15) is 0 Å². The third-order valence-electron chi connectivity index (χ3n) is 2.68. The van der Waals surface area contributed by atoms with Crippen LogP contribution in [-0.2, 0) is 17.1 Å². The monoisotopic (exact) mass is 242 g/mol. The summed E-state index contributed by atoms with van der Waals surface area (Å²) in [6.45, 7) is 4.14. The Bertz CT molecular complexity index is 422. The maximum Gasteiger partial charge on any atom is 0.306 e. The van der Waals surface area contributed by atoms with Crippen LogP contribution in [0.5, 0.6) is 0 Å². The van der Waals surface area contributed by atoms with E-state index in [4.69, 9.17) is 5.11 Å². The Kier molecular flexibility index (Phi) is 3.86. The van der Waals surface area contributed by atoms with E-state index in [1.54, 1.807) is 19.1 Å². The number of aliphatic carboxylic acids is 1. The van der Waals surface area contributed by atoms with Gasteiger partial charge in [0.15, 0.2) is 0 Å². The molecule has 0 spiro atoms. The Morgan fingerprint density at radius 3 is 2.53 bits per heavy atom. The van der Waals surface area contributed by atoms with Crippen molar-refractivity contribution in [2.45, 2.75) is 33.1 Å². The van der Waals surface area contributed by atoms with Gasteiger partial charge in [0.25, 0.3) is 5.92 Å². The molecule has 0 amide bonds. The molecule has 0 saturated heterocycles. The lowest BCUT2D eigenvalue weighted by Crippen LogP contribution is -2.17. The third-order valence-corrected chi connectivity index (χ3v) is 2.68. The SMILES string of the molecule is Cc1ccc(C(C)(F)F)c(CC(C)C(=O)O)c1. The minimum absolute atomic E-state index is 0.0869. The first-order valence-electron chi connectivity index (χ1n) is 5.42. The number of hydrogen-bond donors (Lipinski definition) is 1. The van der Waals surface area contributed by atoms with Gasteiger partial charge in [-0.1, -0.05) is 30.7 Å². The van der Waals surface area contributed by atoms with Crippen LogP contribution in [-0.4, -0.2) is 11.1 Å². The molecule has 0 heterocycles. The molecule has 1 aromatic rings. The molecule has 0 aromatic heterocycles. The molecule has 0 aliphatic carbocycles. The first-order valence-corrected chi connectivity index (χ1v) is 5.42. The van der Waals surface area contributed by atoms with E-state index in [1.165, 1.54) is 13.0 Å². The molecule has 2 nitrogen and oxygen atoms in total. The van der Waals surface area contributed by atoms with Gasteiger partial charge in [0.2, 0.25) is 0 Å². The van der Waals surface area contributed by atoms with Crippen LogP contribution in [0.4, 0.5) is 8.78 Å². The normalized spacial score (nSPS) is 13.5. The first kappa shape index (κ1) is 13.6. The van der Waals surface area contributed by atoms with E-state index >= 15 is 0 Å². The second kappa shape index (κ2) is 4.82. The van der Waals surface area contributed by atoms with Gasteiger partial charge in [-0.05, 0) is 18.9 Å². The van der Waals surface area contributed by atoms with Crippen molar-refractivity contribution < 1.29 is 18.7 Å². The summed E-state index contributed by atoms with van der Waals surface area (Å²) in [7, 11) is 0. The molecule has 4 heteroatoms. The van der Waals surface area contributed by atoms with Crippen LogP contribution in [0, 0.1) is 12.8 Å². The maximum atomic E-state index is 13.4. The summed E-state index contributed by atoms with van der Waals surface area (Å²) < 4.78 is 26.7. The zero-order valence-electron chi connectivity index (χ0n) is 10.1. The summed E-state index contributed by atoms with van der Waals surface area (Å²) in [4.78, 5) is 10.8. The molecule has 0 aliphatic heterocycles. The zero-order valence-corrected chi connectivity index (χ0v) is 10.1. The molecule has 0 bridgehead atoms. The Hall–Kier alpha value is -1.45. The van der Waals surface area contributed by atoms with Gasteiger partial charge in [-0.3, -0.25) is 4.79 Å². The van der Waals surface area contributed by atoms with Crippen molar-refractivity contribution in [2.75, 3.05) is 0 Å². The van der Waals surface area contributed by atoms with E-state index in [2.05, 4.69) is 0 Å². The van der Waals surface area contributed by atoms with Crippen LogP contribution in [0.3, 0.4) is 0 Å². The van der Waals surface area contributed by atoms with E-state index in [0.29, 0.717) is 5.56 Å². The Labute approximate surface area is 99.3 Å². The molecule has 0 aliphatic rings. The van der Waals surface area contributed by atoms with Crippen molar-refractivity contribution in [2.24, 2.45) is 5.92 Å². The van der Waals surface area contributed by atoms with Crippen LogP contribution >= 0.6 is 0 Å². The second-order valence-corrected chi connectivity index (χ2v) is 4.49. The Morgan fingerprint density at radius 1 is 1.47 bits per heavy atom. The molecule has 1 unspecified atom stereocenters. The van der Waals surface area contributed by atoms with Crippen molar-refractivity contribution in [3.8, 4) is 0 Å². The predicted molar refractivity (Wildman–Crippen MR) is 61.3 cm³/mol. The topological polar surface area (TPSA) is 37.3 Å². The Morgan fingerprint density at radius 2 is 2.06 bits per heavy atom. The number of benzene rings is 1. The minimum atomic E-state index is -2.94. The highest BCUT2D eigenvalue weighted by molar-refractivity contribution is 5.70. The van der Waals surface area contributed by atoms with Crippen molar-refractivity contribution >= 4 is 5.97 Å². The number of halogens is 2. The lowest BCUT2D eigenvalue weighted by atomic mass is 9.93. The first-order chi connectivity index (χ1) is 7.71. The van der Waals surface area contributed by atoms with Crippen LogP contribution in [0.15, 0.2) is 18.2 Å². The molecular weight excluding hydrogens is 226 g/mol. The largest absolute Gasteiger partial charge is 0.481 e. The number of carbonyl (C=O) groups is 1. The van der Waals surface area contributed by atoms with Gasteiger partial charge in [-0.15, -0.1) is 0 Å². The van der Waals surface area contributed by atoms with Gasteiger partial charge >= 0.3 is 5.97 Å².